The fourth-order valence-corrected chi connectivity index (χ4v) is 3.75. The van der Waals surface area contributed by atoms with Gasteiger partial charge >= 0.3 is 0 Å². The van der Waals surface area contributed by atoms with Gasteiger partial charge in [0.05, 0.1) is 0 Å². The van der Waals surface area contributed by atoms with Gasteiger partial charge in [0.15, 0.2) is 0 Å². The average Bonchev–Trinajstić information content (AvgIpc) is 2.59. The molecule has 0 aromatic carbocycles. The van der Waals surface area contributed by atoms with E-state index in [4.69, 9.17) is 0 Å². The van der Waals surface area contributed by atoms with Gasteiger partial charge in [-0.05, 0) is 25.7 Å². The second kappa shape index (κ2) is 17.5. The van der Waals surface area contributed by atoms with Crippen molar-refractivity contribution < 1.29 is 4.79 Å². The molecule has 1 nitrogen and oxygen atoms in total. The summed E-state index contributed by atoms with van der Waals surface area (Å²) in [6.45, 7) is 9.02. The van der Waals surface area contributed by atoms with Gasteiger partial charge in [-0.3, -0.25) is 4.79 Å². The van der Waals surface area contributed by atoms with Crippen molar-refractivity contribution in [3.8, 4) is 0 Å². The summed E-state index contributed by atoms with van der Waals surface area (Å²) in [5, 5.41) is 0. The summed E-state index contributed by atoms with van der Waals surface area (Å²) in [4.78, 5) is 13.2. The monoisotopic (exact) mass is 338 g/mol. The molecule has 24 heavy (non-hydrogen) atoms. The summed E-state index contributed by atoms with van der Waals surface area (Å²) in [6, 6.07) is 0. The summed E-state index contributed by atoms with van der Waals surface area (Å²) in [6.07, 6.45) is 19.7. The van der Waals surface area contributed by atoms with Crippen molar-refractivity contribution in [3.05, 3.63) is 0 Å². The van der Waals surface area contributed by atoms with Crippen LogP contribution in [0.25, 0.3) is 0 Å². The number of hydrogen-bond donors (Lipinski definition) is 0. The molecule has 0 aromatic rings. The molecule has 1 heteroatoms. The van der Waals surface area contributed by atoms with E-state index >= 15 is 0 Å². The van der Waals surface area contributed by atoms with Crippen LogP contribution in [0.3, 0.4) is 0 Å². The van der Waals surface area contributed by atoms with Gasteiger partial charge in [0.25, 0.3) is 0 Å². The fourth-order valence-electron chi connectivity index (χ4n) is 3.75. The van der Waals surface area contributed by atoms with Crippen molar-refractivity contribution in [1.29, 1.82) is 0 Å². The van der Waals surface area contributed by atoms with Gasteiger partial charge < -0.3 is 0 Å². The van der Waals surface area contributed by atoms with E-state index in [0.717, 1.165) is 25.7 Å². The van der Waals surface area contributed by atoms with Crippen LogP contribution in [0.4, 0.5) is 0 Å². The Hall–Kier alpha value is -0.330. The molecule has 0 amide bonds. The maximum atomic E-state index is 13.2. The molecule has 0 aliphatic rings. The third-order valence-electron chi connectivity index (χ3n) is 5.43. The average molecular weight is 339 g/mol. The largest absolute Gasteiger partial charge is 0.299 e. The van der Waals surface area contributed by atoms with Crippen molar-refractivity contribution in [3.63, 3.8) is 0 Å². The number of carbonyl (C=O) groups is 1. The first-order valence-corrected chi connectivity index (χ1v) is 11.2. The highest BCUT2D eigenvalue weighted by atomic mass is 16.1. The van der Waals surface area contributed by atoms with E-state index in [1.54, 1.807) is 0 Å². The third kappa shape index (κ3) is 12.1. The first-order chi connectivity index (χ1) is 11.7. The van der Waals surface area contributed by atoms with E-state index in [1.165, 1.54) is 77.0 Å². The lowest BCUT2D eigenvalue weighted by molar-refractivity contribution is -0.128. The van der Waals surface area contributed by atoms with Crippen LogP contribution >= 0.6 is 0 Å². The summed E-state index contributed by atoms with van der Waals surface area (Å²) < 4.78 is 0. The standard InChI is InChI=1S/C23H46O/c1-5-9-13-17-21(18-14-10-6-2)23(24)22(19-15-11-7-3)20-16-12-8-4/h21-22H,5-20H2,1-4H3. The van der Waals surface area contributed by atoms with E-state index in [-0.39, 0.29) is 0 Å². The number of ketones is 1. The topological polar surface area (TPSA) is 17.1 Å². The molecule has 0 bridgehead atoms. The van der Waals surface area contributed by atoms with Crippen LogP contribution in [0.15, 0.2) is 0 Å². The number of rotatable bonds is 18. The van der Waals surface area contributed by atoms with Crippen LogP contribution in [-0.2, 0) is 4.79 Å². The zero-order valence-corrected chi connectivity index (χ0v) is 17.4. The minimum absolute atomic E-state index is 0.358. The van der Waals surface area contributed by atoms with Crippen molar-refractivity contribution in [2.75, 3.05) is 0 Å². The Morgan fingerprint density at radius 3 is 0.958 bits per heavy atom. The Morgan fingerprint density at radius 2 is 0.750 bits per heavy atom. The second-order valence-electron chi connectivity index (χ2n) is 7.78. The van der Waals surface area contributed by atoms with E-state index in [1.807, 2.05) is 0 Å². The molecule has 0 radical (unpaired) electrons. The van der Waals surface area contributed by atoms with Crippen molar-refractivity contribution in [2.24, 2.45) is 11.8 Å². The molecule has 0 aromatic heterocycles. The molecule has 144 valence electrons. The highest BCUT2D eigenvalue weighted by molar-refractivity contribution is 5.83. The molecular formula is C23H46O. The molecule has 0 heterocycles. The summed E-state index contributed by atoms with van der Waals surface area (Å²) in [5.74, 6) is 1.35. The van der Waals surface area contributed by atoms with Crippen LogP contribution in [-0.4, -0.2) is 5.78 Å². The minimum atomic E-state index is 0.358. The van der Waals surface area contributed by atoms with E-state index in [0.29, 0.717) is 17.6 Å². The molecule has 0 spiro atoms. The van der Waals surface area contributed by atoms with Crippen LogP contribution in [0.2, 0.25) is 0 Å². The van der Waals surface area contributed by atoms with Gasteiger partial charge in [0.2, 0.25) is 0 Å². The summed E-state index contributed by atoms with van der Waals surface area (Å²) in [5.41, 5.74) is 0. The predicted molar refractivity (Wildman–Crippen MR) is 109 cm³/mol. The smallest absolute Gasteiger partial charge is 0.139 e. The number of unbranched alkanes of at least 4 members (excludes halogenated alkanes) is 8. The predicted octanol–water partition coefficient (Wildman–Crippen LogP) is 8.11. The van der Waals surface area contributed by atoms with Crippen molar-refractivity contribution >= 4 is 5.78 Å². The molecule has 0 aliphatic carbocycles. The second-order valence-corrected chi connectivity index (χ2v) is 7.78. The zero-order chi connectivity index (χ0) is 18.0. The minimum Gasteiger partial charge on any atom is -0.299 e. The Kier molecular flexibility index (Phi) is 17.3. The zero-order valence-electron chi connectivity index (χ0n) is 17.4. The van der Waals surface area contributed by atoms with Gasteiger partial charge in [-0.25, -0.2) is 0 Å². The molecule has 0 unspecified atom stereocenters. The first kappa shape index (κ1) is 23.7. The Balaban J connectivity index is 4.65. The normalized spacial score (nSPS) is 11.6. The highest BCUT2D eigenvalue weighted by Crippen LogP contribution is 2.27. The Bertz CT molecular complexity index is 225. The van der Waals surface area contributed by atoms with Gasteiger partial charge in [-0.15, -0.1) is 0 Å². The van der Waals surface area contributed by atoms with Gasteiger partial charge in [-0.2, -0.15) is 0 Å². The maximum absolute atomic E-state index is 13.2. The molecule has 0 saturated heterocycles. The number of hydrogen-bond acceptors (Lipinski definition) is 1. The quantitative estimate of drug-likeness (QED) is 0.231. The van der Waals surface area contributed by atoms with Gasteiger partial charge in [0, 0.05) is 11.8 Å². The molecule has 0 atom stereocenters. The van der Waals surface area contributed by atoms with Crippen LogP contribution < -0.4 is 0 Å². The Morgan fingerprint density at radius 1 is 0.500 bits per heavy atom. The number of Topliss-reactive ketones (excluding diaryl/α,β-unsaturated/α-hetero) is 1. The lowest BCUT2D eigenvalue weighted by Crippen LogP contribution is -2.24. The van der Waals surface area contributed by atoms with Crippen LogP contribution in [0.5, 0.6) is 0 Å². The van der Waals surface area contributed by atoms with E-state index < -0.39 is 0 Å². The Labute approximate surface area is 153 Å². The van der Waals surface area contributed by atoms with E-state index in [9.17, 15) is 4.79 Å². The molecule has 0 rings (SSSR count). The highest BCUT2D eigenvalue weighted by Gasteiger charge is 2.25. The van der Waals surface area contributed by atoms with Crippen LogP contribution in [0.1, 0.15) is 130 Å². The van der Waals surface area contributed by atoms with Gasteiger partial charge in [-0.1, -0.05) is 105 Å². The summed E-state index contributed by atoms with van der Waals surface area (Å²) in [7, 11) is 0. The number of carbonyl (C=O) groups excluding carboxylic acids is 1. The first-order valence-electron chi connectivity index (χ1n) is 11.2. The lowest BCUT2D eigenvalue weighted by Gasteiger charge is -2.23. The lowest BCUT2D eigenvalue weighted by atomic mass is 9.81. The molecule has 0 N–H and O–H groups in total. The maximum Gasteiger partial charge on any atom is 0.139 e. The van der Waals surface area contributed by atoms with Gasteiger partial charge in [0.1, 0.15) is 5.78 Å². The van der Waals surface area contributed by atoms with E-state index in [2.05, 4.69) is 27.7 Å². The fraction of sp³-hybridized carbons (Fsp3) is 0.957. The van der Waals surface area contributed by atoms with Crippen molar-refractivity contribution in [1.82, 2.24) is 0 Å². The molecule has 0 saturated carbocycles. The summed E-state index contributed by atoms with van der Waals surface area (Å²) >= 11 is 0. The van der Waals surface area contributed by atoms with Crippen molar-refractivity contribution in [2.45, 2.75) is 130 Å². The molecule has 0 fully saturated rings. The van der Waals surface area contributed by atoms with Crippen LogP contribution in [0, 0.1) is 11.8 Å². The molecule has 0 aliphatic heterocycles. The third-order valence-corrected chi connectivity index (χ3v) is 5.43. The SMILES string of the molecule is CCCCCC(CCCCC)C(=O)C(CCCCC)CCCCC. The molecular weight excluding hydrogens is 292 g/mol.